The van der Waals surface area contributed by atoms with E-state index in [0.717, 1.165) is 25.5 Å². The summed E-state index contributed by atoms with van der Waals surface area (Å²) in [5.41, 5.74) is 1.44. The molecule has 1 aromatic heterocycles. The highest BCUT2D eigenvalue weighted by Crippen LogP contribution is 2.13. The van der Waals surface area contributed by atoms with Gasteiger partial charge in [0, 0.05) is 38.4 Å². The molecule has 0 radical (unpaired) electrons. The van der Waals surface area contributed by atoms with Crippen molar-refractivity contribution in [3.05, 3.63) is 23.9 Å². The fourth-order valence-corrected chi connectivity index (χ4v) is 2.56. The molecule has 0 unspecified atom stereocenters. The topological polar surface area (TPSA) is 31.4 Å². The number of hydrogen-bond donors (Lipinski definition) is 1. The zero-order valence-corrected chi connectivity index (χ0v) is 14.0. The number of aromatic nitrogens is 1. The quantitative estimate of drug-likeness (QED) is 0.872. The lowest BCUT2D eigenvalue weighted by Gasteiger charge is -2.23. The molecule has 2 rings (SSSR count). The van der Waals surface area contributed by atoms with E-state index < -0.39 is 0 Å². The Balaban J connectivity index is 1.86. The van der Waals surface area contributed by atoms with Gasteiger partial charge in [0.25, 0.3) is 0 Å². The monoisotopic (exact) mass is 290 g/mol. The SMILES string of the molecule is CN(CCN1CCCC1)c1cc(CNC(C)(C)C)ccn1. The van der Waals surface area contributed by atoms with Crippen LogP contribution in [0.3, 0.4) is 0 Å². The molecular weight excluding hydrogens is 260 g/mol. The average Bonchev–Trinajstić information content (AvgIpc) is 2.95. The van der Waals surface area contributed by atoms with E-state index in [4.69, 9.17) is 0 Å². The standard InChI is InChI=1S/C17H30N4/c1-17(2,3)19-14-15-7-8-18-16(13-15)20(4)11-12-21-9-5-6-10-21/h7-8,13,19H,5-6,9-12,14H2,1-4H3. The Labute approximate surface area is 129 Å². The molecule has 1 fully saturated rings. The Morgan fingerprint density at radius 3 is 2.67 bits per heavy atom. The first-order chi connectivity index (χ1) is 9.94. The molecular formula is C17H30N4. The minimum atomic E-state index is 0.144. The molecule has 0 aliphatic carbocycles. The minimum Gasteiger partial charge on any atom is -0.358 e. The highest BCUT2D eigenvalue weighted by atomic mass is 15.2. The van der Waals surface area contributed by atoms with Crippen molar-refractivity contribution in [2.45, 2.75) is 45.7 Å². The van der Waals surface area contributed by atoms with Crippen LogP contribution in [-0.4, -0.2) is 48.6 Å². The van der Waals surface area contributed by atoms with E-state index in [9.17, 15) is 0 Å². The minimum absolute atomic E-state index is 0.144. The van der Waals surface area contributed by atoms with Crippen molar-refractivity contribution in [1.82, 2.24) is 15.2 Å². The molecule has 1 saturated heterocycles. The van der Waals surface area contributed by atoms with Crippen molar-refractivity contribution >= 4 is 5.82 Å². The molecule has 0 bridgehead atoms. The summed E-state index contributed by atoms with van der Waals surface area (Å²) in [5.74, 6) is 1.07. The summed E-state index contributed by atoms with van der Waals surface area (Å²) in [6, 6.07) is 4.29. The summed E-state index contributed by atoms with van der Waals surface area (Å²) in [6.07, 6.45) is 4.63. The molecule has 1 N–H and O–H groups in total. The van der Waals surface area contributed by atoms with Crippen molar-refractivity contribution in [2.75, 3.05) is 38.1 Å². The molecule has 2 heterocycles. The highest BCUT2D eigenvalue weighted by Gasteiger charge is 2.13. The van der Waals surface area contributed by atoms with Gasteiger partial charge in [0.1, 0.15) is 5.82 Å². The molecule has 0 saturated carbocycles. The van der Waals surface area contributed by atoms with Crippen LogP contribution >= 0.6 is 0 Å². The number of nitrogens with zero attached hydrogens (tertiary/aromatic N) is 3. The van der Waals surface area contributed by atoms with E-state index in [1.54, 1.807) is 0 Å². The van der Waals surface area contributed by atoms with Crippen LogP contribution in [0.15, 0.2) is 18.3 Å². The lowest BCUT2D eigenvalue weighted by atomic mass is 10.1. The molecule has 0 spiro atoms. The number of rotatable bonds is 6. The molecule has 0 aromatic carbocycles. The predicted octanol–water partition coefficient (Wildman–Crippen LogP) is 2.50. The van der Waals surface area contributed by atoms with Gasteiger partial charge in [-0.1, -0.05) is 0 Å². The van der Waals surface area contributed by atoms with Gasteiger partial charge in [-0.15, -0.1) is 0 Å². The van der Waals surface area contributed by atoms with E-state index in [1.165, 1.54) is 31.5 Å². The summed E-state index contributed by atoms with van der Waals surface area (Å²) >= 11 is 0. The summed E-state index contributed by atoms with van der Waals surface area (Å²) in [4.78, 5) is 9.31. The van der Waals surface area contributed by atoms with E-state index in [0.29, 0.717) is 0 Å². The third-order valence-electron chi connectivity index (χ3n) is 3.97. The van der Waals surface area contributed by atoms with Gasteiger partial charge >= 0.3 is 0 Å². The maximum atomic E-state index is 4.51. The highest BCUT2D eigenvalue weighted by molar-refractivity contribution is 5.40. The van der Waals surface area contributed by atoms with Gasteiger partial charge in [0.05, 0.1) is 0 Å². The second-order valence-electron chi connectivity index (χ2n) is 7.10. The Hall–Kier alpha value is -1.13. The van der Waals surface area contributed by atoms with Crippen LogP contribution in [0, 0.1) is 0 Å². The molecule has 0 atom stereocenters. The maximum absolute atomic E-state index is 4.51. The number of hydrogen-bond acceptors (Lipinski definition) is 4. The molecule has 4 heteroatoms. The first-order valence-corrected chi connectivity index (χ1v) is 8.07. The number of nitrogens with one attached hydrogen (secondary N) is 1. The van der Waals surface area contributed by atoms with Crippen molar-refractivity contribution in [1.29, 1.82) is 0 Å². The van der Waals surface area contributed by atoms with Crippen LogP contribution in [-0.2, 0) is 6.54 Å². The van der Waals surface area contributed by atoms with Gasteiger partial charge in [-0.05, 0) is 64.4 Å². The average molecular weight is 290 g/mol. The van der Waals surface area contributed by atoms with Gasteiger partial charge in [0.15, 0.2) is 0 Å². The number of pyridine rings is 1. The second-order valence-corrected chi connectivity index (χ2v) is 7.10. The molecule has 4 nitrogen and oxygen atoms in total. The zero-order chi connectivity index (χ0) is 15.3. The summed E-state index contributed by atoms with van der Waals surface area (Å²) < 4.78 is 0. The Bertz CT molecular complexity index is 433. The normalized spacial score (nSPS) is 16.4. The third kappa shape index (κ3) is 5.64. The predicted molar refractivity (Wildman–Crippen MR) is 89.8 cm³/mol. The van der Waals surface area contributed by atoms with E-state index in [-0.39, 0.29) is 5.54 Å². The first-order valence-electron chi connectivity index (χ1n) is 8.07. The number of likely N-dealkylation sites (N-methyl/N-ethyl adjacent to an activating group) is 1. The van der Waals surface area contributed by atoms with Crippen LogP contribution < -0.4 is 10.2 Å². The molecule has 1 aliphatic heterocycles. The van der Waals surface area contributed by atoms with E-state index in [2.05, 4.69) is 60.1 Å². The van der Waals surface area contributed by atoms with Gasteiger partial charge in [0.2, 0.25) is 0 Å². The lowest BCUT2D eigenvalue weighted by Crippen LogP contribution is -2.35. The van der Waals surface area contributed by atoms with Gasteiger partial charge in [-0.25, -0.2) is 4.98 Å². The molecule has 21 heavy (non-hydrogen) atoms. The Morgan fingerprint density at radius 2 is 2.00 bits per heavy atom. The smallest absolute Gasteiger partial charge is 0.128 e. The Morgan fingerprint density at radius 1 is 1.29 bits per heavy atom. The molecule has 1 aliphatic rings. The van der Waals surface area contributed by atoms with Crippen molar-refractivity contribution in [2.24, 2.45) is 0 Å². The van der Waals surface area contributed by atoms with Crippen molar-refractivity contribution < 1.29 is 0 Å². The summed E-state index contributed by atoms with van der Waals surface area (Å²) in [5, 5.41) is 3.53. The van der Waals surface area contributed by atoms with Gasteiger partial charge in [-0.2, -0.15) is 0 Å². The van der Waals surface area contributed by atoms with Crippen LogP contribution in [0.2, 0.25) is 0 Å². The zero-order valence-electron chi connectivity index (χ0n) is 14.0. The van der Waals surface area contributed by atoms with Crippen LogP contribution in [0.1, 0.15) is 39.2 Å². The van der Waals surface area contributed by atoms with Crippen LogP contribution in [0.25, 0.3) is 0 Å². The van der Waals surface area contributed by atoms with Crippen LogP contribution in [0.5, 0.6) is 0 Å². The maximum Gasteiger partial charge on any atom is 0.128 e. The lowest BCUT2D eigenvalue weighted by molar-refractivity contribution is 0.346. The molecule has 0 amide bonds. The van der Waals surface area contributed by atoms with Crippen molar-refractivity contribution in [3.8, 4) is 0 Å². The van der Waals surface area contributed by atoms with Gasteiger partial charge < -0.3 is 15.1 Å². The second kappa shape index (κ2) is 7.23. The molecule has 1 aromatic rings. The largest absolute Gasteiger partial charge is 0.358 e. The van der Waals surface area contributed by atoms with Crippen LogP contribution in [0.4, 0.5) is 5.82 Å². The van der Waals surface area contributed by atoms with Gasteiger partial charge in [-0.3, -0.25) is 0 Å². The Kier molecular flexibility index (Phi) is 5.59. The van der Waals surface area contributed by atoms with E-state index in [1.807, 2.05) is 6.20 Å². The number of likely N-dealkylation sites (tertiary alicyclic amines) is 1. The summed E-state index contributed by atoms with van der Waals surface area (Å²) in [6.45, 7) is 12.2. The fourth-order valence-electron chi connectivity index (χ4n) is 2.56. The molecule has 118 valence electrons. The van der Waals surface area contributed by atoms with Crippen molar-refractivity contribution in [3.63, 3.8) is 0 Å². The third-order valence-corrected chi connectivity index (χ3v) is 3.97. The summed E-state index contributed by atoms with van der Waals surface area (Å²) in [7, 11) is 2.14. The number of anilines is 1. The fraction of sp³-hybridized carbons (Fsp3) is 0.706. The first kappa shape index (κ1) is 16.2. The van der Waals surface area contributed by atoms with E-state index >= 15 is 0 Å².